The van der Waals surface area contributed by atoms with Gasteiger partial charge in [0.2, 0.25) is 0 Å². The van der Waals surface area contributed by atoms with E-state index in [1.165, 1.54) is 11.1 Å². The molecule has 0 aromatic heterocycles. The minimum Gasteiger partial charge on any atom is -0.465 e. The molecule has 0 aliphatic heterocycles. The second kappa shape index (κ2) is 6.18. The van der Waals surface area contributed by atoms with E-state index >= 15 is 0 Å². The van der Waals surface area contributed by atoms with E-state index in [0.29, 0.717) is 12.5 Å². The second-order valence-corrected chi connectivity index (χ2v) is 8.84. The third kappa shape index (κ3) is 2.99. The van der Waals surface area contributed by atoms with Crippen LogP contribution in [0.1, 0.15) is 58.1 Å². The lowest BCUT2D eigenvalue weighted by molar-refractivity contribution is -0.158. The number of hydrogen-bond donors (Lipinski definition) is 1. The van der Waals surface area contributed by atoms with Gasteiger partial charge in [-0.2, -0.15) is 0 Å². The predicted molar refractivity (Wildman–Crippen MR) is 94.7 cm³/mol. The molecule has 0 spiro atoms. The Morgan fingerprint density at radius 3 is 2.71 bits per heavy atom. The Bertz CT molecular complexity index is 616. The first-order valence-electron chi connectivity index (χ1n) is 9.17. The minimum absolute atomic E-state index is 0.0309. The van der Waals surface area contributed by atoms with E-state index in [2.05, 4.69) is 31.2 Å². The summed E-state index contributed by atoms with van der Waals surface area (Å²) in [6.45, 7) is 8.27. The van der Waals surface area contributed by atoms with Gasteiger partial charge in [-0.15, -0.1) is 0 Å². The van der Waals surface area contributed by atoms with Crippen LogP contribution in [0.3, 0.4) is 0 Å². The summed E-state index contributed by atoms with van der Waals surface area (Å²) >= 11 is 0. The molecule has 1 saturated carbocycles. The van der Waals surface area contributed by atoms with Gasteiger partial charge in [-0.1, -0.05) is 31.2 Å². The van der Waals surface area contributed by atoms with Crippen LogP contribution in [0, 0.1) is 17.3 Å². The van der Waals surface area contributed by atoms with Crippen molar-refractivity contribution in [2.45, 2.75) is 64.9 Å². The first-order valence-corrected chi connectivity index (χ1v) is 9.17. The number of rotatable bonds is 2. The standard InChI is InChI=1S/C21H30O3/c1-20(2,3)19(23)24-13-15-17-10-9-14-7-5-6-8-16(14)21(17,4)12-11-18(15)22/h5-8,15,17-18,22H,9-13H2,1-4H3/t15-,17+,18-,21-/m1/s1. The zero-order valence-corrected chi connectivity index (χ0v) is 15.3. The monoisotopic (exact) mass is 330 g/mol. The van der Waals surface area contributed by atoms with Gasteiger partial charge in [0, 0.05) is 5.92 Å². The van der Waals surface area contributed by atoms with Gasteiger partial charge in [0.15, 0.2) is 0 Å². The van der Waals surface area contributed by atoms with Gasteiger partial charge in [0.05, 0.1) is 18.1 Å². The van der Waals surface area contributed by atoms with E-state index in [4.69, 9.17) is 4.74 Å². The molecule has 0 bridgehead atoms. The number of aliphatic hydroxyl groups is 1. The highest BCUT2D eigenvalue weighted by atomic mass is 16.5. The zero-order chi connectivity index (χ0) is 17.5. The van der Waals surface area contributed by atoms with Crippen LogP contribution in [0.5, 0.6) is 0 Å². The first-order chi connectivity index (χ1) is 11.2. The van der Waals surface area contributed by atoms with Crippen LogP contribution < -0.4 is 0 Å². The molecular formula is C21H30O3. The molecule has 0 radical (unpaired) electrons. The molecule has 2 aliphatic rings. The van der Waals surface area contributed by atoms with Gasteiger partial charge in [-0.3, -0.25) is 4.79 Å². The summed E-state index contributed by atoms with van der Waals surface area (Å²) in [4.78, 5) is 12.1. The van der Waals surface area contributed by atoms with Crippen molar-refractivity contribution in [1.29, 1.82) is 0 Å². The highest BCUT2D eigenvalue weighted by molar-refractivity contribution is 5.75. The van der Waals surface area contributed by atoms with Gasteiger partial charge < -0.3 is 9.84 Å². The molecule has 0 saturated heterocycles. The summed E-state index contributed by atoms with van der Waals surface area (Å²) in [5.41, 5.74) is 2.45. The quantitative estimate of drug-likeness (QED) is 0.838. The maximum Gasteiger partial charge on any atom is 0.311 e. The van der Waals surface area contributed by atoms with Crippen molar-refractivity contribution in [3.05, 3.63) is 35.4 Å². The molecule has 2 aliphatic carbocycles. The fourth-order valence-electron chi connectivity index (χ4n) is 4.68. The van der Waals surface area contributed by atoms with Crippen LogP contribution >= 0.6 is 0 Å². The summed E-state index contributed by atoms with van der Waals surface area (Å²) < 4.78 is 5.60. The van der Waals surface area contributed by atoms with Crippen molar-refractivity contribution in [3.63, 3.8) is 0 Å². The Morgan fingerprint density at radius 2 is 2.00 bits per heavy atom. The van der Waals surface area contributed by atoms with Crippen LogP contribution in [-0.4, -0.2) is 23.8 Å². The van der Waals surface area contributed by atoms with Gasteiger partial charge in [-0.05, 0) is 68.9 Å². The number of ether oxygens (including phenoxy) is 1. The lowest BCUT2D eigenvalue weighted by Crippen LogP contribution is -2.51. The number of carbonyl (C=O) groups excluding carboxylic acids is 1. The van der Waals surface area contributed by atoms with E-state index in [-0.39, 0.29) is 23.4 Å². The second-order valence-electron chi connectivity index (χ2n) is 8.84. The lowest BCUT2D eigenvalue weighted by Gasteiger charge is -2.51. The van der Waals surface area contributed by atoms with Crippen LogP contribution in [0.4, 0.5) is 0 Å². The summed E-state index contributed by atoms with van der Waals surface area (Å²) in [6, 6.07) is 8.71. The third-order valence-corrected chi connectivity index (χ3v) is 6.17. The van der Waals surface area contributed by atoms with E-state index in [1.54, 1.807) is 0 Å². The number of benzene rings is 1. The van der Waals surface area contributed by atoms with E-state index < -0.39 is 5.41 Å². The Morgan fingerprint density at radius 1 is 1.29 bits per heavy atom. The topological polar surface area (TPSA) is 46.5 Å². The third-order valence-electron chi connectivity index (χ3n) is 6.17. The SMILES string of the molecule is CC(C)(C)C(=O)OC[C@H]1[C@H](O)CC[C@]2(C)c3ccccc3CC[C@@H]12. The van der Waals surface area contributed by atoms with Crippen molar-refractivity contribution < 1.29 is 14.6 Å². The largest absolute Gasteiger partial charge is 0.465 e. The molecule has 4 atom stereocenters. The van der Waals surface area contributed by atoms with Gasteiger partial charge in [0.1, 0.15) is 0 Å². The average molecular weight is 330 g/mol. The average Bonchev–Trinajstić information content (AvgIpc) is 2.53. The summed E-state index contributed by atoms with van der Waals surface area (Å²) in [5.74, 6) is 0.213. The summed E-state index contributed by atoms with van der Waals surface area (Å²) in [7, 11) is 0. The van der Waals surface area contributed by atoms with Crippen LogP contribution in [0.2, 0.25) is 0 Å². The molecule has 1 aromatic carbocycles. The molecule has 1 N–H and O–H groups in total. The Kier molecular flexibility index (Phi) is 4.50. The molecule has 132 valence electrons. The molecule has 1 fully saturated rings. The molecule has 0 unspecified atom stereocenters. The molecule has 3 heteroatoms. The highest BCUT2D eigenvalue weighted by Gasteiger charge is 2.49. The molecule has 24 heavy (non-hydrogen) atoms. The highest BCUT2D eigenvalue weighted by Crippen LogP contribution is 2.52. The normalized spacial score (nSPS) is 32.6. The van der Waals surface area contributed by atoms with Gasteiger partial charge >= 0.3 is 5.97 Å². The Balaban J connectivity index is 1.83. The van der Waals surface area contributed by atoms with E-state index in [0.717, 1.165) is 25.7 Å². The van der Waals surface area contributed by atoms with Crippen LogP contribution in [0.15, 0.2) is 24.3 Å². The van der Waals surface area contributed by atoms with Gasteiger partial charge in [0.25, 0.3) is 0 Å². The maximum atomic E-state index is 12.1. The first kappa shape index (κ1) is 17.5. The predicted octanol–water partition coefficient (Wildman–Crippen LogP) is 3.87. The molecule has 0 amide bonds. The van der Waals surface area contributed by atoms with Crippen molar-refractivity contribution in [2.75, 3.05) is 6.61 Å². The molecule has 3 rings (SSSR count). The van der Waals surface area contributed by atoms with E-state index in [9.17, 15) is 9.90 Å². The number of fused-ring (bicyclic) bond motifs is 3. The minimum atomic E-state index is -0.498. The van der Waals surface area contributed by atoms with Crippen molar-refractivity contribution in [1.82, 2.24) is 0 Å². The van der Waals surface area contributed by atoms with Gasteiger partial charge in [-0.25, -0.2) is 0 Å². The fraction of sp³-hybridized carbons (Fsp3) is 0.667. The smallest absolute Gasteiger partial charge is 0.311 e. The number of esters is 1. The van der Waals surface area contributed by atoms with Crippen molar-refractivity contribution in [3.8, 4) is 0 Å². The molecule has 3 nitrogen and oxygen atoms in total. The molecule has 0 heterocycles. The maximum absolute atomic E-state index is 12.1. The van der Waals surface area contributed by atoms with Crippen LogP contribution in [0.25, 0.3) is 0 Å². The number of carbonyl (C=O) groups is 1. The summed E-state index contributed by atoms with van der Waals surface area (Å²) in [5, 5.41) is 10.6. The number of aliphatic hydroxyl groups excluding tert-OH is 1. The molecular weight excluding hydrogens is 300 g/mol. The lowest BCUT2D eigenvalue weighted by atomic mass is 9.54. The molecule has 1 aromatic rings. The fourth-order valence-corrected chi connectivity index (χ4v) is 4.68. The Labute approximate surface area is 145 Å². The number of aryl methyl sites for hydroxylation is 1. The Hall–Kier alpha value is -1.35. The van der Waals surface area contributed by atoms with E-state index in [1.807, 2.05) is 20.8 Å². The number of hydrogen-bond acceptors (Lipinski definition) is 3. The zero-order valence-electron chi connectivity index (χ0n) is 15.3. The van der Waals surface area contributed by atoms with Crippen molar-refractivity contribution in [2.24, 2.45) is 17.3 Å². The summed E-state index contributed by atoms with van der Waals surface area (Å²) in [6.07, 6.45) is 3.51. The van der Waals surface area contributed by atoms with Crippen LogP contribution in [-0.2, 0) is 21.4 Å². The van der Waals surface area contributed by atoms with Crippen molar-refractivity contribution >= 4 is 5.97 Å².